The van der Waals surface area contributed by atoms with Crippen molar-refractivity contribution >= 4 is 33.0 Å². The summed E-state index contributed by atoms with van der Waals surface area (Å²) in [6.45, 7) is 0.800. The molecule has 114 valence electrons. The SMILES string of the molecule is O=c1[nH]nc(C2CCN(S(=O)(=O)c3ccc(Cl)s3)CC2)[nH]1. The normalized spacial score (nSPS) is 18.1. The molecule has 1 aliphatic rings. The highest BCUT2D eigenvalue weighted by molar-refractivity contribution is 7.91. The van der Waals surface area contributed by atoms with Gasteiger partial charge in [-0.05, 0) is 25.0 Å². The summed E-state index contributed by atoms with van der Waals surface area (Å²) in [5, 5.41) is 6.24. The van der Waals surface area contributed by atoms with Gasteiger partial charge in [0.2, 0.25) is 0 Å². The molecule has 0 unspecified atom stereocenters. The first-order chi connectivity index (χ1) is 9.96. The highest BCUT2D eigenvalue weighted by Gasteiger charge is 2.31. The number of nitrogens with one attached hydrogen (secondary N) is 2. The van der Waals surface area contributed by atoms with Crippen molar-refractivity contribution in [3.63, 3.8) is 0 Å². The molecule has 1 saturated heterocycles. The van der Waals surface area contributed by atoms with Gasteiger partial charge in [0.05, 0.1) is 4.34 Å². The molecule has 3 rings (SSSR count). The number of H-pyrrole nitrogens is 2. The quantitative estimate of drug-likeness (QED) is 0.875. The standard InChI is InChI=1S/C11H13ClN4O3S2/c12-8-1-2-9(20-8)21(18,19)16-5-3-7(4-6-16)10-13-11(17)15-14-10/h1-2,7H,3-6H2,(H2,13,14,15,17). The number of nitrogens with zero attached hydrogens (tertiary/aromatic N) is 2. The minimum atomic E-state index is -3.47. The first-order valence-electron chi connectivity index (χ1n) is 6.37. The van der Waals surface area contributed by atoms with Gasteiger partial charge in [0.1, 0.15) is 10.0 Å². The molecule has 2 N–H and O–H groups in total. The molecule has 1 aliphatic heterocycles. The van der Waals surface area contributed by atoms with Crippen LogP contribution in [0, 0.1) is 0 Å². The molecule has 2 aromatic rings. The summed E-state index contributed by atoms with van der Waals surface area (Å²) < 4.78 is 27.1. The summed E-state index contributed by atoms with van der Waals surface area (Å²) >= 11 is 6.86. The zero-order valence-corrected chi connectivity index (χ0v) is 13.3. The van der Waals surface area contributed by atoms with E-state index in [2.05, 4.69) is 15.2 Å². The van der Waals surface area contributed by atoms with Gasteiger partial charge in [-0.25, -0.2) is 18.3 Å². The number of piperidine rings is 1. The molecule has 0 bridgehead atoms. The summed E-state index contributed by atoms with van der Waals surface area (Å²) in [7, 11) is -3.47. The first kappa shape index (κ1) is 14.8. The van der Waals surface area contributed by atoms with Crippen LogP contribution in [0.4, 0.5) is 0 Å². The highest BCUT2D eigenvalue weighted by Crippen LogP contribution is 2.32. The molecule has 0 saturated carbocycles. The molecule has 0 amide bonds. The predicted octanol–water partition coefficient (Wildman–Crippen LogP) is 1.38. The van der Waals surface area contributed by atoms with Crippen molar-refractivity contribution in [2.24, 2.45) is 0 Å². The van der Waals surface area contributed by atoms with E-state index in [4.69, 9.17) is 11.6 Å². The van der Waals surface area contributed by atoms with Crippen LogP contribution < -0.4 is 5.69 Å². The van der Waals surface area contributed by atoms with Gasteiger partial charge in [-0.2, -0.15) is 9.40 Å². The van der Waals surface area contributed by atoms with Crippen molar-refractivity contribution in [1.82, 2.24) is 19.5 Å². The van der Waals surface area contributed by atoms with Crippen molar-refractivity contribution in [2.45, 2.75) is 23.0 Å². The third-order valence-electron chi connectivity index (χ3n) is 3.50. The summed E-state index contributed by atoms with van der Waals surface area (Å²) in [4.78, 5) is 13.7. The Bertz CT molecular complexity index is 786. The number of hydrogen-bond donors (Lipinski definition) is 2. The van der Waals surface area contributed by atoms with Crippen LogP contribution in [0.25, 0.3) is 0 Å². The maximum absolute atomic E-state index is 12.4. The molecular weight excluding hydrogens is 336 g/mol. The van der Waals surface area contributed by atoms with E-state index < -0.39 is 10.0 Å². The lowest BCUT2D eigenvalue weighted by Crippen LogP contribution is -2.37. The molecule has 0 aliphatic carbocycles. The lowest BCUT2D eigenvalue weighted by Gasteiger charge is -2.29. The summed E-state index contributed by atoms with van der Waals surface area (Å²) in [5.74, 6) is 0.665. The fourth-order valence-electron chi connectivity index (χ4n) is 2.41. The predicted molar refractivity (Wildman–Crippen MR) is 79.3 cm³/mol. The molecule has 0 spiro atoms. The van der Waals surface area contributed by atoms with Gasteiger partial charge < -0.3 is 0 Å². The Balaban J connectivity index is 1.72. The first-order valence-corrected chi connectivity index (χ1v) is 9.00. The van der Waals surface area contributed by atoms with E-state index in [1.807, 2.05) is 0 Å². The van der Waals surface area contributed by atoms with Crippen molar-refractivity contribution < 1.29 is 8.42 Å². The topological polar surface area (TPSA) is 98.9 Å². The molecule has 10 heteroatoms. The van der Waals surface area contributed by atoms with Crippen LogP contribution in [-0.2, 0) is 10.0 Å². The lowest BCUT2D eigenvalue weighted by molar-refractivity contribution is 0.314. The maximum Gasteiger partial charge on any atom is 0.340 e. The van der Waals surface area contributed by atoms with Crippen LogP contribution in [-0.4, -0.2) is 41.0 Å². The molecule has 2 aromatic heterocycles. The number of aromatic nitrogens is 3. The zero-order valence-electron chi connectivity index (χ0n) is 10.9. The molecule has 7 nitrogen and oxygen atoms in total. The Morgan fingerprint density at radius 2 is 2.05 bits per heavy atom. The van der Waals surface area contributed by atoms with Crippen molar-refractivity contribution in [2.75, 3.05) is 13.1 Å². The van der Waals surface area contributed by atoms with Crippen LogP contribution in [0.3, 0.4) is 0 Å². The third kappa shape index (κ3) is 2.91. The Morgan fingerprint density at radius 3 is 2.57 bits per heavy atom. The summed E-state index contributed by atoms with van der Waals surface area (Å²) in [6.07, 6.45) is 1.25. The second kappa shape index (κ2) is 5.56. The van der Waals surface area contributed by atoms with Crippen molar-refractivity contribution in [1.29, 1.82) is 0 Å². The third-order valence-corrected chi connectivity index (χ3v) is 7.10. The van der Waals surface area contributed by atoms with Gasteiger partial charge in [-0.1, -0.05) is 11.6 Å². The summed E-state index contributed by atoms with van der Waals surface area (Å²) in [5.41, 5.74) is -0.340. The second-order valence-electron chi connectivity index (χ2n) is 4.80. The number of sulfonamides is 1. The number of halogens is 1. The molecular formula is C11H13ClN4O3S2. The average Bonchev–Trinajstić information content (AvgIpc) is 3.08. The van der Waals surface area contributed by atoms with Crippen molar-refractivity contribution in [3.05, 3.63) is 32.8 Å². The van der Waals surface area contributed by atoms with Crippen LogP contribution in [0.15, 0.2) is 21.1 Å². The fraction of sp³-hybridized carbons (Fsp3) is 0.455. The number of thiophene rings is 1. The van der Waals surface area contributed by atoms with Crippen molar-refractivity contribution in [3.8, 4) is 0 Å². The molecule has 3 heterocycles. The average molecular weight is 349 g/mol. The summed E-state index contributed by atoms with van der Waals surface area (Å²) in [6, 6.07) is 3.11. The Hall–Kier alpha value is -1.16. The highest BCUT2D eigenvalue weighted by atomic mass is 35.5. The van der Waals surface area contributed by atoms with E-state index in [-0.39, 0.29) is 15.8 Å². The Labute approximate surface area is 130 Å². The van der Waals surface area contributed by atoms with Crippen LogP contribution >= 0.6 is 22.9 Å². The molecule has 0 atom stereocenters. The Morgan fingerprint density at radius 1 is 1.33 bits per heavy atom. The number of hydrogen-bond acceptors (Lipinski definition) is 5. The largest absolute Gasteiger partial charge is 0.340 e. The second-order valence-corrected chi connectivity index (χ2v) is 8.68. The van der Waals surface area contributed by atoms with E-state index in [0.717, 1.165) is 11.3 Å². The van der Waals surface area contributed by atoms with Gasteiger partial charge >= 0.3 is 5.69 Å². The van der Waals surface area contributed by atoms with E-state index in [1.165, 1.54) is 10.4 Å². The van der Waals surface area contributed by atoms with Gasteiger partial charge in [0, 0.05) is 19.0 Å². The zero-order chi connectivity index (χ0) is 15.0. The molecule has 1 fully saturated rings. The fourth-order valence-corrected chi connectivity index (χ4v) is 5.52. The minimum absolute atomic E-state index is 0.0716. The van der Waals surface area contributed by atoms with Gasteiger partial charge in [0.15, 0.2) is 0 Å². The van der Waals surface area contributed by atoms with E-state index in [0.29, 0.717) is 36.1 Å². The minimum Gasteiger partial charge on any atom is -0.293 e. The smallest absolute Gasteiger partial charge is 0.293 e. The van der Waals surface area contributed by atoms with Gasteiger partial charge in [-0.3, -0.25) is 4.98 Å². The van der Waals surface area contributed by atoms with Crippen LogP contribution in [0.5, 0.6) is 0 Å². The van der Waals surface area contributed by atoms with E-state index >= 15 is 0 Å². The van der Waals surface area contributed by atoms with Gasteiger partial charge in [0.25, 0.3) is 10.0 Å². The number of rotatable bonds is 3. The molecule has 0 aromatic carbocycles. The van der Waals surface area contributed by atoms with Gasteiger partial charge in [-0.15, -0.1) is 11.3 Å². The van der Waals surface area contributed by atoms with E-state index in [1.54, 1.807) is 6.07 Å². The van der Waals surface area contributed by atoms with Crippen LogP contribution in [0.1, 0.15) is 24.6 Å². The van der Waals surface area contributed by atoms with E-state index in [9.17, 15) is 13.2 Å². The molecule has 0 radical (unpaired) electrons. The lowest BCUT2D eigenvalue weighted by atomic mass is 9.98. The monoisotopic (exact) mass is 348 g/mol. The number of aromatic amines is 2. The van der Waals surface area contributed by atoms with Crippen LogP contribution in [0.2, 0.25) is 4.34 Å². The maximum atomic E-state index is 12.4. The Kier molecular flexibility index (Phi) is 3.91. The molecule has 21 heavy (non-hydrogen) atoms.